The van der Waals surface area contributed by atoms with Gasteiger partial charge in [-0.25, -0.2) is 13.5 Å². The van der Waals surface area contributed by atoms with Gasteiger partial charge in [0.05, 0.1) is 18.9 Å². The van der Waals surface area contributed by atoms with Crippen molar-refractivity contribution in [3.63, 3.8) is 0 Å². The SMILES string of the molecule is Cc1ccc(F)c(-n2nc(N)c3c2CCOC3)c1F. The van der Waals surface area contributed by atoms with Crippen molar-refractivity contribution in [3.05, 3.63) is 40.6 Å². The number of nitrogens with two attached hydrogens (primary N) is 1. The maximum absolute atomic E-state index is 14.2. The minimum atomic E-state index is -0.653. The second-order valence-electron chi connectivity index (χ2n) is 4.55. The van der Waals surface area contributed by atoms with Crippen LogP contribution in [0, 0.1) is 18.6 Å². The first-order valence-corrected chi connectivity index (χ1v) is 5.98. The van der Waals surface area contributed by atoms with E-state index in [1.54, 1.807) is 6.92 Å². The van der Waals surface area contributed by atoms with Gasteiger partial charge in [0.15, 0.2) is 17.5 Å². The molecule has 4 nitrogen and oxygen atoms in total. The molecule has 0 saturated heterocycles. The van der Waals surface area contributed by atoms with Crippen LogP contribution in [-0.2, 0) is 17.8 Å². The lowest BCUT2D eigenvalue weighted by molar-refractivity contribution is 0.110. The molecule has 0 saturated carbocycles. The van der Waals surface area contributed by atoms with Gasteiger partial charge < -0.3 is 10.5 Å². The Morgan fingerprint density at radius 3 is 2.95 bits per heavy atom. The van der Waals surface area contributed by atoms with Gasteiger partial charge in [0.2, 0.25) is 0 Å². The van der Waals surface area contributed by atoms with Crippen molar-refractivity contribution in [2.45, 2.75) is 20.0 Å². The molecular weight excluding hydrogens is 252 g/mol. The Bertz CT molecular complexity index is 652. The molecule has 6 heteroatoms. The van der Waals surface area contributed by atoms with Crippen LogP contribution >= 0.6 is 0 Å². The zero-order chi connectivity index (χ0) is 13.6. The molecule has 2 heterocycles. The van der Waals surface area contributed by atoms with Gasteiger partial charge in [-0.15, -0.1) is 5.10 Å². The molecule has 1 aliphatic heterocycles. The molecule has 0 atom stereocenters. The second-order valence-corrected chi connectivity index (χ2v) is 4.55. The van der Waals surface area contributed by atoms with E-state index in [2.05, 4.69) is 5.10 Å². The Labute approximate surface area is 108 Å². The van der Waals surface area contributed by atoms with E-state index in [0.717, 1.165) is 0 Å². The van der Waals surface area contributed by atoms with Crippen LogP contribution in [-0.4, -0.2) is 16.4 Å². The fourth-order valence-corrected chi connectivity index (χ4v) is 2.28. The maximum atomic E-state index is 14.2. The van der Waals surface area contributed by atoms with Crippen LogP contribution in [0.2, 0.25) is 0 Å². The number of rotatable bonds is 1. The van der Waals surface area contributed by atoms with Crippen LogP contribution in [0.25, 0.3) is 5.69 Å². The Kier molecular flexibility index (Phi) is 2.74. The van der Waals surface area contributed by atoms with Gasteiger partial charge in [0, 0.05) is 12.0 Å². The highest BCUT2D eigenvalue weighted by Gasteiger charge is 2.24. The van der Waals surface area contributed by atoms with Crippen molar-refractivity contribution in [2.75, 3.05) is 12.3 Å². The number of halogens is 2. The van der Waals surface area contributed by atoms with E-state index < -0.39 is 11.6 Å². The molecule has 0 amide bonds. The summed E-state index contributed by atoms with van der Waals surface area (Å²) < 4.78 is 34.6. The fraction of sp³-hybridized carbons (Fsp3) is 0.308. The van der Waals surface area contributed by atoms with Crippen molar-refractivity contribution in [2.24, 2.45) is 0 Å². The van der Waals surface area contributed by atoms with Crippen LogP contribution in [0.4, 0.5) is 14.6 Å². The summed E-state index contributed by atoms with van der Waals surface area (Å²) in [5.74, 6) is -1.01. The summed E-state index contributed by atoms with van der Waals surface area (Å²) in [6.45, 7) is 2.41. The van der Waals surface area contributed by atoms with E-state index >= 15 is 0 Å². The van der Waals surface area contributed by atoms with E-state index in [9.17, 15) is 8.78 Å². The first kappa shape index (κ1) is 12.1. The second kappa shape index (κ2) is 4.31. The molecule has 0 unspecified atom stereocenters. The third kappa shape index (κ3) is 1.79. The number of benzene rings is 1. The molecule has 2 N–H and O–H groups in total. The van der Waals surface area contributed by atoms with Crippen LogP contribution in [0.1, 0.15) is 16.8 Å². The Hall–Kier alpha value is -1.95. The number of fused-ring (bicyclic) bond motifs is 1. The first-order chi connectivity index (χ1) is 9.09. The number of hydrogen-bond donors (Lipinski definition) is 1. The summed E-state index contributed by atoms with van der Waals surface area (Å²) in [7, 11) is 0. The summed E-state index contributed by atoms with van der Waals surface area (Å²) in [5, 5.41) is 4.06. The normalized spacial score (nSPS) is 14.5. The highest BCUT2D eigenvalue weighted by atomic mass is 19.1. The summed E-state index contributed by atoms with van der Waals surface area (Å²) in [4.78, 5) is 0. The van der Waals surface area contributed by atoms with Gasteiger partial charge >= 0.3 is 0 Å². The maximum Gasteiger partial charge on any atom is 0.154 e. The lowest BCUT2D eigenvalue weighted by Crippen LogP contribution is -2.15. The first-order valence-electron chi connectivity index (χ1n) is 5.98. The zero-order valence-corrected chi connectivity index (χ0v) is 10.4. The Morgan fingerprint density at radius 2 is 2.16 bits per heavy atom. The van der Waals surface area contributed by atoms with Crippen LogP contribution in [0.5, 0.6) is 0 Å². The molecule has 2 aromatic rings. The van der Waals surface area contributed by atoms with Crippen molar-refractivity contribution >= 4 is 5.82 Å². The number of hydrogen-bond acceptors (Lipinski definition) is 3. The third-order valence-corrected chi connectivity index (χ3v) is 3.32. The van der Waals surface area contributed by atoms with Gasteiger partial charge in [-0.05, 0) is 18.6 Å². The van der Waals surface area contributed by atoms with Gasteiger partial charge in [-0.1, -0.05) is 6.07 Å². The van der Waals surface area contributed by atoms with Crippen LogP contribution in [0.15, 0.2) is 12.1 Å². The largest absolute Gasteiger partial charge is 0.382 e. The molecule has 1 aromatic carbocycles. The molecule has 0 radical (unpaired) electrons. The Balaban J connectivity index is 2.26. The van der Waals surface area contributed by atoms with Crippen molar-refractivity contribution in [1.29, 1.82) is 0 Å². The number of aryl methyl sites for hydroxylation is 1. The molecule has 0 fully saturated rings. The van der Waals surface area contributed by atoms with E-state index in [0.29, 0.717) is 36.5 Å². The predicted octanol–water partition coefficient (Wildman–Crippen LogP) is 2.11. The third-order valence-electron chi connectivity index (χ3n) is 3.32. The van der Waals surface area contributed by atoms with E-state index in [1.807, 2.05) is 0 Å². The highest BCUT2D eigenvalue weighted by molar-refractivity contribution is 5.49. The van der Waals surface area contributed by atoms with Crippen LogP contribution in [0.3, 0.4) is 0 Å². The summed E-state index contributed by atoms with van der Waals surface area (Å²) in [5.41, 5.74) is 7.41. The zero-order valence-electron chi connectivity index (χ0n) is 10.4. The fourth-order valence-electron chi connectivity index (χ4n) is 2.28. The predicted molar refractivity (Wildman–Crippen MR) is 66.0 cm³/mol. The average molecular weight is 265 g/mol. The van der Waals surface area contributed by atoms with Crippen molar-refractivity contribution in [3.8, 4) is 5.69 Å². The minimum Gasteiger partial charge on any atom is -0.382 e. The number of ether oxygens (including phenoxy) is 1. The average Bonchev–Trinajstić information content (AvgIpc) is 2.73. The molecule has 0 aliphatic carbocycles. The lowest BCUT2D eigenvalue weighted by atomic mass is 10.1. The van der Waals surface area contributed by atoms with Crippen molar-refractivity contribution in [1.82, 2.24) is 9.78 Å². The van der Waals surface area contributed by atoms with Gasteiger partial charge in [-0.3, -0.25) is 0 Å². The number of nitrogen functional groups attached to an aromatic ring is 1. The number of anilines is 1. The molecule has 100 valence electrons. The summed E-state index contributed by atoms with van der Waals surface area (Å²) in [6, 6.07) is 2.63. The Morgan fingerprint density at radius 1 is 1.37 bits per heavy atom. The van der Waals surface area contributed by atoms with E-state index in [1.165, 1.54) is 16.8 Å². The molecule has 3 rings (SSSR count). The standard InChI is InChI=1S/C13H13F2N3O/c1-7-2-3-9(14)12(11(7)15)18-10-4-5-19-6-8(10)13(16)17-18/h2-3H,4-6H2,1H3,(H2,16,17). The minimum absolute atomic E-state index is 0.171. The smallest absolute Gasteiger partial charge is 0.154 e. The van der Waals surface area contributed by atoms with E-state index in [-0.39, 0.29) is 11.5 Å². The van der Waals surface area contributed by atoms with Gasteiger partial charge in [0.25, 0.3) is 0 Å². The molecule has 19 heavy (non-hydrogen) atoms. The van der Waals surface area contributed by atoms with Crippen LogP contribution < -0.4 is 5.73 Å². The summed E-state index contributed by atoms with van der Waals surface area (Å²) >= 11 is 0. The number of aromatic nitrogens is 2. The molecule has 1 aliphatic rings. The topological polar surface area (TPSA) is 53.1 Å². The highest BCUT2D eigenvalue weighted by Crippen LogP contribution is 2.28. The van der Waals surface area contributed by atoms with Gasteiger partial charge in [-0.2, -0.15) is 0 Å². The molecule has 0 bridgehead atoms. The molecule has 1 aromatic heterocycles. The lowest BCUT2D eigenvalue weighted by Gasteiger charge is -2.15. The molecular formula is C13H13F2N3O. The quantitative estimate of drug-likeness (QED) is 0.859. The monoisotopic (exact) mass is 265 g/mol. The summed E-state index contributed by atoms with van der Waals surface area (Å²) in [6.07, 6.45) is 0.534. The molecule has 0 spiro atoms. The van der Waals surface area contributed by atoms with E-state index in [4.69, 9.17) is 10.5 Å². The number of nitrogens with zero attached hydrogens (tertiary/aromatic N) is 2. The van der Waals surface area contributed by atoms with Crippen molar-refractivity contribution < 1.29 is 13.5 Å². The van der Waals surface area contributed by atoms with Gasteiger partial charge in [0.1, 0.15) is 5.69 Å².